The molecule has 104 valence electrons. The van der Waals surface area contributed by atoms with Gasteiger partial charge in [0.1, 0.15) is 5.75 Å². The van der Waals surface area contributed by atoms with Crippen molar-refractivity contribution in [3.63, 3.8) is 0 Å². The van der Waals surface area contributed by atoms with Gasteiger partial charge in [0.15, 0.2) is 11.6 Å². The third kappa shape index (κ3) is 2.56. The maximum atomic E-state index is 13.7. The highest BCUT2D eigenvalue weighted by Gasteiger charge is 2.12. The van der Waals surface area contributed by atoms with Gasteiger partial charge < -0.3 is 14.6 Å². The molecule has 0 radical (unpaired) electrons. The molecule has 1 N–H and O–H groups in total. The number of ether oxygens (including phenoxy) is 2. The normalized spacial score (nSPS) is 10.2. The lowest BCUT2D eigenvalue weighted by Crippen LogP contribution is -1.98. The molecule has 0 aliphatic rings. The SMILES string of the molecule is COc1ccc(-c2cc(C(=O)O)ccc2OC)cc1F. The summed E-state index contributed by atoms with van der Waals surface area (Å²) in [7, 11) is 2.85. The maximum absolute atomic E-state index is 13.7. The zero-order valence-corrected chi connectivity index (χ0v) is 11.0. The molecule has 0 amide bonds. The average Bonchev–Trinajstić information content (AvgIpc) is 2.46. The van der Waals surface area contributed by atoms with Crippen LogP contribution in [-0.2, 0) is 0 Å². The quantitative estimate of drug-likeness (QED) is 0.931. The van der Waals surface area contributed by atoms with E-state index < -0.39 is 11.8 Å². The van der Waals surface area contributed by atoms with Crippen LogP contribution in [0.15, 0.2) is 36.4 Å². The molecular weight excluding hydrogens is 263 g/mol. The van der Waals surface area contributed by atoms with Gasteiger partial charge in [-0.3, -0.25) is 0 Å². The molecule has 0 atom stereocenters. The Labute approximate surface area is 115 Å². The minimum Gasteiger partial charge on any atom is -0.496 e. The Kier molecular flexibility index (Phi) is 3.89. The van der Waals surface area contributed by atoms with Gasteiger partial charge in [0.25, 0.3) is 0 Å². The predicted octanol–water partition coefficient (Wildman–Crippen LogP) is 3.21. The van der Waals surface area contributed by atoms with Crippen LogP contribution in [0.5, 0.6) is 11.5 Å². The number of methoxy groups -OCH3 is 2. The third-order valence-corrected chi connectivity index (χ3v) is 2.91. The van der Waals surface area contributed by atoms with Gasteiger partial charge in [-0.1, -0.05) is 6.07 Å². The first-order valence-electron chi connectivity index (χ1n) is 5.82. The van der Waals surface area contributed by atoms with Crippen LogP contribution < -0.4 is 9.47 Å². The van der Waals surface area contributed by atoms with Crippen LogP contribution in [0.25, 0.3) is 11.1 Å². The molecule has 20 heavy (non-hydrogen) atoms. The number of benzene rings is 2. The summed E-state index contributed by atoms with van der Waals surface area (Å²) in [5.41, 5.74) is 1.13. The van der Waals surface area contributed by atoms with E-state index in [0.29, 0.717) is 16.9 Å². The van der Waals surface area contributed by atoms with E-state index in [1.54, 1.807) is 12.1 Å². The summed E-state index contributed by atoms with van der Waals surface area (Å²) in [6.07, 6.45) is 0. The van der Waals surface area contributed by atoms with Crippen LogP contribution in [-0.4, -0.2) is 25.3 Å². The second-order valence-corrected chi connectivity index (χ2v) is 4.07. The second kappa shape index (κ2) is 5.61. The summed E-state index contributed by atoms with van der Waals surface area (Å²) in [6, 6.07) is 8.83. The summed E-state index contributed by atoms with van der Waals surface area (Å²) < 4.78 is 23.8. The van der Waals surface area contributed by atoms with Crippen molar-refractivity contribution in [2.24, 2.45) is 0 Å². The number of halogens is 1. The number of hydrogen-bond donors (Lipinski definition) is 1. The fourth-order valence-electron chi connectivity index (χ4n) is 1.90. The van der Waals surface area contributed by atoms with Crippen molar-refractivity contribution in [3.05, 3.63) is 47.8 Å². The molecule has 0 aliphatic carbocycles. The van der Waals surface area contributed by atoms with Crippen LogP contribution >= 0.6 is 0 Å². The highest BCUT2D eigenvalue weighted by atomic mass is 19.1. The molecule has 0 spiro atoms. The van der Waals surface area contributed by atoms with E-state index in [4.69, 9.17) is 14.6 Å². The number of carbonyl (C=O) groups is 1. The Morgan fingerprint density at radius 3 is 2.25 bits per heavy atom. The first-order chi connectivity index (χ1) is 9.56. The van der Waals surface area contributed by atoms with Crippen molar-refractivity contribution < 1.29 is 23.8 Å². The summed E-state index contributed by atoms with van der Waals surface area (Å²) in [5.74, 6) is -0.975. The van der Waals surface area contributed by atoms with E-state index in [0.717, 1.165) is 0 Å². The van der Waals surface area contributed by atoms with Gasteiger partial charge in [-0.2, -0.15) is 0 Å². The summed E-state index contributed by atoms with van der Waals surface area (Å²) in [5, 5.41) is 9.02. The average molecular weight is 276 g/mol. The van der Waals surface area contributed by atoms with Crippen molar-refractivity contribution in [2.75, 3.05) is 14.2 Å². The van der Waals surface area contributed by atoms with Gasteiger partial charge in [0.05, 0.1) is 19.8 Å². The van der Waals surface area contributed by atoms with Crippen molar-refractivity contribution in [3.8, 4) is 22.6 Å². The van der Waals surface area contributed by atoms with E-state index >= 15 is 0 Å². The predicted molar refractivity (Wildman–Crippen MR) is 71.9 cm³/mol. The molecule has 2 rings (SSSR count). The van der Waals surface area contributed by atoms with Gasteiger partial charge >= 0.3 is 5.97 Å². The minimum absolute atomic E-state index is 0.108. The lowest BCUT2D eigenvalue weighted by molar-refractivity contribution is 0.0697. The van der Waals surface area contributed by atoms with E-state index in [2.05, 4.69) is 0 Å². The molecular formula is C15H13FO4. The fourth-order valence-corrected chi connectivity index (χ4v) is 1.90. The Hall–Kier alpha value is -2.56. The second-order valence-electron chi connectivity index (χ2n) is 4.07. The van der Waals surface area contributed by atoms with Crippen LogP contribution in [0.2, 0.25) is 0 Å². The summed E-state index contributed by atoms with van der Waals surface area (Å²) in [4.78, 5) is 11.0. The molecule has 0 saturated carbocycles. The smallest absolute Gasteiger partial charge is 0.335 e. The van der Waals surface area contributed by atoms with E-state index in [9.17, 15) is 9.18 Å². The molecule has 0 fully saturated rings. The molecule has 4 nitrogen and oxygen atoms in total. The minimum atomic E-state index is -1.05. The largest absolute Gasteiger partial charge is 0.496 e. The number of hydrogen-bond acceptors (Lipinski definition) is 3. The Morgan fingerprint density at radius 2 is 1.70 bits per heavy atom. The van der Waals surface area contributed by atoms with E-state index in [1.165, 1.54) is 38.5 Å². The molecule has 5 heteroatoms. The van der Waals surface area contributed by atoms with Gasteiger partial charge in [-0.05, 0) is 35.9 Å². The highest BCUT2D eigenvalue weighted by molar-refractivity contribution is 5.90. The zero-order chi connectivity index (χ0) is 14.7. The summed E-state index contributed by atoms with van der Waals surface area (Å²) in [6.45, 7) is 0. The van der Waals surface area contributed by atoms with Gasteiger partial charge in [-0.25, -0.2) is 9.18 Å². The molecule has 0 aliphatic heterocycles. The zero-order valence-electron chi connectivity index (χ0n) is 11.0. The lowest BCUT2D eigenvalue weighted by atomic mass is 10.0. The van der Waals surface area contributed by atoms with Crippen molar-refractivity contribution in [2.45, 2.75) is 0 Å². The third-order valence-electron chi connectivity index (χ3n) is 2.91. The Bertz CT molecular complexity index is 652. The number of aromatic carboxylic acids is 1. The van der Waals surface area contributed by atoms with Crippen molar-refractivity contribution in [1.82, 2.24) is 0 Å². The summed E-state index contributed by atoms with van der Waals surface area (Å²) >= 11 is 0. The standard InChI is InChI=1S/C15H13FO4/c1-19-13-5-4-10(15(17)18)7-11(13)9-3-6-14(20-2)12(16)8-9/h3-8H,1-2H3,(H,17,18). The molecule has 0 unspecified atom stereocenters. The van der Waals surface area contributed by atoms with Crippen molar-refractivity contribution >= 4 is 5.97 Å². The molecule has 0 bridgehead atoms. The monoisotopic (exact) mass is 276 g/mol. The maximum Gasteiger partial charge on any atom is 0.335 e. The van der Waals surface area contributed by atoms with Crippen LogP contribution in [0, 0.1) is 5.82 Å². The van der Waals surface area contributed by atoms with Crippen LogP contribution in [0.3, 0.4) is 0 Å². The van der Waals surface area contributed by atoms with E-state index in [1.807, 2.05) is 0 Å². The molecule has 0 aromatic heterocycles. The number of rotatable bonds is 4. The first kappa shape index (κ1) is 13.9. The topological polar surface area (TPSA) is 55.8 Å². The first-order valence-corrected chi connectivity index (χ1v) is 5.82. The van der Waals surface area contributed by atoms with Crippen LogP contribution in [0.4, 0.5) is 4.39 Å². The molecule has 2 aromatic carbocycles. The Morgan fingerprint density at radius 1 is 1.05 bits per heavy atom. The highest BCUT2D eigenvalue weighted by Crippen LogP contribution is 2.33. The lowest BCUT2D eigenvalue weighted by Gasteiger charge is -2.11. The number of carboxylic acids is 1. The van der Waals surface area contributed by atoms with Crippen LogP contribution in [0.1, 0.15) is 10.4 Å². The van der Waals surface area contributed by atoms with Crippen molar-refractivity contribution in [1.29, 1.82) is 0 Å². The fraction of sp³-hybridized carbons (Fsp3) is 0.133. The molecule has 2 aromatic rings. The molecule has 0 saturated heterocycles. The van der Waals surface area contributed by atoms with Gasteiger partial charge in [0.2, 0.25) is 0 Å². The molecule has 0 heterocycles. The number of carboxylic acid groups (broad SMARTS) is 1. The van der Waals surface area contributed by atoms with Gasteiger partial charge in [0, 0.05) is 5.56 Å². The van der Waals surface area contributed by atoms with E-state index in [-0.39, 0.29) is 11.3 Å². The Balaban J connectivity index is 2.57. The van der Waals surface area contributed by atoms with Gasteiger partial charge in [-0.15, -0.1) is 0 Å².